The van der Waals surface area contributed by atoms with E-state index in [1.807, 2.05) is 18.2 Å². The third-order valence-electron chi connectivity index (χ3n) is 4.53. The minimum atomic E-state index is 0.0152. The molecule has 130 valence electrons. The molecule has 2 aromatic rings. The average Bonchev–Trinajstić information content (AvgIpc) is 2.46. The van der Waals surface area contributed by atoms with Gasteiger partial charge in [0.05, 0.1) is 0 Å². The number of aromatic hydroxyl groups is 1. The summed E-state index contributed by atoms with van der Waals surface area (Å²) >= 11 is 0. The van der Waals surface area contributed by atoms with Crippen molar-refractivity contribution in [3.63, 3.8) is 0 Å². The number of phenols is 1. The lowest BCUT2D eigenvalue weighted by molar-refractivity contribution is 0.476. The number of aryl methyl sites for hydroxylation is 1. The van der Waals surface area contributed by atoms with Crippen LogP contribution in [0.1, 0.15) is 71.6 Å². The van der Waals surface area contributed by atoms with Gasteiger partial charge in [0.15, 0.2) is 0 Å². The molecule has 0 saturated heterocycles. The molecule has 0 aliphatic heterocycles. The summed E-state index contributed by atoms with van der Waals surface area (Å²) < 4.78 is 0. The van der Waals surface area contributed by atoms with Crippen molar-refractivity contribution in [2.75, 3.05) is 0 Å². The predicted octanol–water partition coefficient (Wildman–Crippen LogP) is 6.61. The highest BCUT2D eigenvalue weighted by Gasteiger charge is 2.28. The van der Waals surface area contributed by atoms with E-state index in [2.05, 4.69) is 60.6 Å². The number of rotatable bonds is 3. The first-order valence-corrected chi connectivity index (χ1v) is 9.02. The molecule has 0 spiro atoms. The SMILES string of the molecule is CCCc1cc(C(C)(C)C)c(-c2ccccc2O)c(C(C)(C)C)c1. The summed E-state index contributed by atoms with van der Waals surface area (Å²) in [6, 6.07) is 12.4. The summed E-state index contributed by atoms with van der Waals surface area (Å²) in [5.74, 6) is 0.358. The zero-order valence-electron chi connectivity index (χ0n) is 16.3. The van der Waals surface area contributed by atoms with Gasteiger partial charge in [0.25, 0.3) is 0 Å². The molecule has 0 aliphatic carbocycles. The normalized spacial score (nSPS) is 12.5. The first kappa shape index (κ1) is 18.6. The molecule has 1 heteroatoms. The van der Waals surface area contributed by atoms with Crippen LogP contribution in [-0.4, -0.2) is 5.11 Å². The summed E-state index contributed by atoms with van der Waals surface area (Å²) in [7, 11) is 0. The van der Waals surface area contributed by atoms with E-state index in [1.54, 1.807) is 6.07 Å². The predicted molar refractivity (Wildman–Crippen MR) is 105 cm³/mol. The van der Waals surface area contributed by atoms with Crippen molar-refractivity contribution in [2.45, 2.75) is 72.1 Å². The van der Waals surface area contributed by atoms with Gasteiger partial charge in [-0.25, -0.2) is 0 Å². The van der Waals surface area contributed by atoms with Crippen LogP contribution in [0, 0.1) is 0 Å². The molecule has 24 heavy (non-hydrogen) atoms. The molecule has 0 radical (unpaired) electrons. The number of para-hydroxylation sites is 1. The molecule has 1 N–H and O–H groups in total. The highest BCUT2D eigenvalue weighted by molar-refractivity contribution is 5.78. The Morgan fingerprint density at radius 3 is 1.75 bits per heavy atom. The van der Waals surface area contributed by atoms with E-state index in [9.17, 15) is 5.11 Å². The van der Waals surface area contributed by atoms with Gasteiger partial charge < -0.3 is 5.11 Å². The smallest absolute Gasteiger partial charge is 0.123 e. The van der Waals surface area contributed by atoms with Crippen molar-refractivity contribution in [2.24, 2.45) is 0 Å². The van der Waals surface area contributed by atoms with Crippen LogP contribution in [0.5, 0.6) is 5.75 Å². The van der Waals surface area contributed by atoms with Gasteiger partial charge in [-0.15, -0.1) is 0 Å². The molecule has 0 amide bonds. The number of benzene rings is 2. The summed E-state index contributed by atoms with van der Waals surface area (Å²) in [5.41, 5.74) is 6.21. The quantitative estimate of drug-likeness (QED) is 0.673. The van der Waals surface area contributed by atoms with Crippen LogP contribution >= 0.6 is 0 Å². The second-order valence-electron chi connectivity index (χ2n) is 8.83. The van der Waals surface area contributed by atoms with Crippen molar-refractivity contribution < 1.29 is 5.11 Å². The van der Waals surface area contributed by atoms with E-state index in [1.165, 1.54) is 22.3 Å². The molecule has 0 fully saturated rings. The Morgan fingerprint density at radius 1 is 0.833 bits per heavy atom. The fourth-order valence-electron chi connectivity index (χ4n) is 3.29. The van der Waals surface area contributed by atoms with E-state index in [0.29, 0.717) is 5.75 Å². The largest absolute Gasteiger partial charge is 0.507 e. The maximum Gasteiger partial charge on any atom is 0.123 e. The van der Waals surface area contributed by atoms with E-state index in [0.717, 1.165) is 18.4 Å². The Labute approximate surface area is 147 Å². The molecular weight excluding hydrogens is 292 g/mol. The maximum atomic E-state index is 10.5. The Bertz CT molecular complexity index is 677. The van der Waals surface area contributed by atoms with Crippen molar-refractivity contribution in [3.05, 3.63) is 53.1 Å². The van der Waals surface area contributed by atoms with Crippen molar-refractivity contribution in [1.82, 2.24) is 0 Å². The monoisotopic (exact) mass is 324 g/mol. The molecule has 2 aromatic carbocycles. The van der Waals surface area contributed by atoms with Crippen LogP contribution in [-0.2, 0) is 17.3 Å². The zero-order valence-corrected chi connectivity index (χ0v) is 16.3. The summed E-state index contributed by atoms with van der Waals surface area (Å²) in [6.45, 7) is 15.8. The van der Waals surface area contributed by atoms with Gasteiger partial charge in [-0.1, -0.05) is 85.2 Å². The third-order valence-corrected chi connectivity index (χ3v) is 4.53. The minimum Gasteiger partial charge on any atom is -0.507 e. The van der Waals surface area contributed by atoms with Crippen LogP contribution < -0.4 is 0 Å². The second kappa shape index (κ2) is 6.63. The lowest BCUT2D eigenvalue weighted by atomic mass is 9.73. The number of hydrogen-bond acceptors (Lipinski definition) is 1. The van der Waals surface area contributed by atoms with E-state index in [-0.39, 0.29) is 10.8 Å². The van der Waals surface area contributed by atoms with Crippen LogP contribution in [0.15, 0.2) is 36.4 Å². The molecule has 0 bridgehead atoms. The van der Waals surface area contributed by atoms with Crippen LogP contribution in [0.25, 0.3) is 11.1 Å². The topological polar surface area (TPSA) is 20.2 Å². The fraction of sp³-hybridized carbons (Fsp3) is 0.478. The van der Waals surface area contributed by atoms with Crippen LogP contribution in [0.3, 0.4) is 0 Å². The Hall–Kier alpha value is -1.76. The molecule has 0 aliphatic rings. The highest BCUT2D eigenvalue weighted by Crippen LogP contribution is 2.44. The molecule has 0 aromatic heterocycles. The first-order chi connectivity index (χ1) is 11.1. The van der Waals surface area contributed by atoms with Crippen molar-refractivity contribution >= 4 is 0 Å². The maximum absolute atomic E-state index is 10.5. The van der Waals surface area contributed by atoms with Gasteiger partial charge in [-0.2, -0.15) is 0 Å². The summed E-state index contributed by atoms with van der Waals surface area (Å²) in [6.07, 6.45) is 2.23. The number of hydrogen-bond donors (Lipinski definition) is 1. The standard InChI is InChI=1S/C23H32O/c1-8-11-16-14-18(22(2,3)4)21(19(15-16)23(5,6)7)17-12-9-10-13-20(17)24/h9-10,12-15,24H,8,11H2,1-7H3. The summed E-state index contributed by atoms with van der Waals surface area (Å²) in [5, 5.41) is 10.5. The molecule has 0 heterocycles. The first-order valence-electron chi connectivity index (χ1n) is 9.02. The van der Waals surface area contributed by atoms with Gasteiger partial charge in [-0.3, -0.25) is 0 Å². The third kappa shape index (κ3) is 3.83. The highest BCUT2D eigenvalue weighted by atomic mass is 16.3. The van der Waals surface area contributed by atoms with Gasteiger partial charge in [0, 0.05) is 5.56 Å². The molecule has 2 rings (SSSR count). The second-order valence-corrected chi connectivity index (χ2v) is 8.83. The molecule has 0 unspecified atom stereocenters. The Kier molecular flexibility index (Phi) is 5.13. The molecule has 0 saturated carbocycles. The summed E-state index contributed by atoms with van der Waals surface area (Å²) in [4.78, 5) is 0. The Morgan fingerprint density at radius 2 is 1.33 bits per heavy atom. The Balaban J connectivity index is 2.91. The van der Waals surface area contributed by atoms with Crippen molar-refractivity contribution in [3.8, 4) is 16.9 Å². The lowest BCUT2D eigenvalue weighted by Gasteiger charge is -2.31. The molecule has 0 atom stereocenters. The van der Waals surface area contributed by atoms with Crippen molar-refractivity contribution in [1.29, 1.82) is 0 Å². The van der Waals surface area contributed by atoms with Gasteiger partial charge in [0.1, 0.15) is 5.75 Å². The molecule has 1 nitrogen and oxygen atoms in total. The average molecular weight is 325 g/mol. The van der Waals surface area contributed by atoms with E-state index in [4.69, 9.17) is 0 Å². The van der Waals surface area contributed by atoms with Gasteiger partial charge >= 0.3 is 0 Å². The lowest BCUT2D eigenvalue weighted by Crippen LogP contribution is -2.20. The van der Waals surface area contributed by atoms with Crippen LogP contribution in [0.2, 0.25) is 0 Å². The number of phenolic OH excluding ortho intramolecular Hbond substituents is 1. The molecular formula is C23H32O. The van der Waals surface area contributed by atoms with E-state index >= 15 is 0 Å². The zero-order chi connectivity index (χ0) is 18.1. The van der Waals surface area contributed by atoms with Gasteiger partial charge in [0.2, 0.25) is 0 Å². The van der Waals surface area contributed by atoms with Crippen LogP contribution in [0.4, 0.5) is 0 Å². The van der Waals surface area contributed by atoms with Gasteiger partial charge in [-0.05, 0) is 45.6 Å². The van der Waals surface area contributed by atoms with E-state index < -0.39 is 0 Å². The fourth-order valence-corrected chi connectivity index (χ4v) is 3.29. The minimum absolute atomic E-state index is 0.0152.